The highest BCUT2D eigenvalue weighted by atomic mass is 16.6. The largest absolute Gasteiger partial charge is 0.458 e. The van der Waals surface area contributed by atoms with Crippen molar-refractivity contribution in [3.05, 3.63) is 82.9 Å². The molecule has 6 rings (SSSR count). The van der Waals surface area contributed by atoms with Gasteiger partial charge in [-0.2, -0.15) is 0 Å². The van der Waals surface area contributed by atoms with Crippen molar-refractivity contribution in [2.45, 2.75) is 38.1 Å². The van der Waals surface area contributed by atoms with E-state index in [1.807, 2.05) is 36.4 Å². The van der Waals surface area contributed by atoms with E-state index >= 15 is 0 Å². The molecule has 4 aliphatic rings. The molecule has 2 bridgehead atoms. The number of esters is 3. The maximum atomic E-state index is 13.6. The summed E-state index contributed by atoms with van der Waals surface area (Å²) in [6.45, 7) is 5.21. The van der Waals surface area contributed by atoms with Gasteiger partial charge in [0.2, 0.25) is 0 Å². The third-order valence-electron chi connectivity index (χ3n) is 7.70. The van der Waals surface area contributed by atoms with E-state index in [9.17, 15) is 14.4 Å². The summed E-state index contributed by atoms with van der Waals surface area (Å²) < 4.78 is 17.4. The monoisotopic (exact) mass is 444 g/mol. The predicted molar refractivity (Wildman–Crippen MR) is 117 cm³/mol. The topological polar surface area (TPSA) is 78.9 Å². The summed E-state index contributed by atoms with van der Waals surface area (Å²) in [4.78, 5) is 38.5. The molecule has 0 radical (unpaired) electrons. The maximum Gasteiger partial charge on any atom is 0.333 e. The molecule has 3 aliphatic carbocycles. The number of rotatable bonds is 4. The molecule has 6 heteroatoms. The van der Waals surface area contributed by atoms with Gasteiger partial charge in [-0.25, -0.2) is 4.79 Å². The summed E-state index contributed by atoms with van der Waals surface area (Å²) in [5.41, 5.74) is 4.44. The average Bonchev–Trinajstić information content (AvgIpc) is 3.42. The fourth-order valence-corrected chi connectivity index (χ4v) is 6.29. The number of carbonyl (C=O) groups excluding carboxylic acids is 3. The van der Waals surface area contributed by atoms with Crippen LogP contribution in [0.25, 0.3) is 0 Å². The Morgan fingerprint density at radius 1 is 0.970 bits per heavy atom. The molecule has 2 saturated carbocycles. The Hall–Kier alpha value is -3.41. The lowest BCUT2D eigenvalue weighted by molar-refractivity contribution is -0.165. The van der Waals surface area contributed by atoms with Crippen LogP contribution >= 0.6 is 0 Å². The molecule has 0 aromatic heterocycles. The Morgan fingerprint density at radius 3 is 2.24 bits per heavy atom. The van der Waals surface area contributed by atoms with E-state index in [-0.39, 0.29) is 17.4 Å². The van der Waals surface area contributed by atoms with Gasteiger partial charge in [-0.15, -0.1) is 0 Å². The fourth-order valence-electron chi connectivity index (χ4n) is 6.29. The van der Waals surface area contributed by atoms with E-state index in [1.54, 1.807) is 6.92 Å². The van der Waals surface area contributed by atoms with Crippen molar-refractivity contribution in [2.24, 2.45) is 23.7 Å². The molecule has 1 aliphatic heterocycles. The van der Waals surface area contributed by atoms with Crippen molar-refractivity contribution in [2.75, 3.05) is 0 Å². The van der Waals surface area contributed by atoms with Gasteiger partial charge in [-0.1, -0.05) is 55.1 Å². The van der Waals surface area contributed by atoms with Crippen LogP contribution in [0.3, 0.4) is 0 Å². The van der Waals surface area contributed by atoms with Crippen LogP contribution in [0.5, 0.6) is 0 Å². The molecule has 0 spiro atoms. The Bertz CT molecular complexity index is 1150. The zero-order chi connectivity index (χ0) is 22.9. The van der Waals surface area contributed by atoms with E-state index in [2.05, 4.69) is 18.7 Å². The number of hydrogen-bond acceptors (Lipinski definition) is 6. The number of benzene rings is 2. The molecule has 1 saturated heterocycles. The van der Waals surface area contributed by atoms with Crippen LogP contribution in [0.4, 0.5) is 0 Å². The minimum Gasteiger partial charge on any atom is -0.458 e. The number of fused-ring (bicyclic) bond motifs is 3. The fraction of sp³-hybridized carbons (Fsp3) is 0.370. The number of ether oxygens (including phenoxy) is 3. The highest BCUT2D eigenvalue weighted by Crippen LogP contribution is 2.59. The molecule has 0 amide bonds. The van der Waals surface area contributed by atoms with Crippen LogP contribution < -0.4 is 0 Å². The third kappa shape index (κ3) is 2.96. The maximum absolute atomic E-state index is 13.6. The first kappa shape index (κ1) is 20.2. The van der Waals surface area contributed by atoms with Crippen LogP contribution in [0.2, 0.25) is 0 Å². The molecule has 6 unspecified atom stereocenters. The van der Waals surface area contributed by atoms with Crippen LogP contribution in [-0.2, 0) is 35.0 Å². The molecular weight excluding hydrogens is 420 g/mol. The van der Waals surface area contributed by atoms with Crippen molar-refractivity contribution in [1.29, 1.82) is 0 Å². The molecule has 2 aromatic rings. The zero-order valence-electron chi connectivity index (χ0n) is 18.2. The molecule has 3 fully saturated rings. The summed E-state index contributed by atoms with van der Waals surface area (Å²) in [6.07, 6.45) is -0.291. The average molecular weight is 444 g/mol. The zero-order valence-corrected chi connectivity index (χ0v) is 18.2. The van der Waals surface area contributed by atoms with Crippen molar-refractivity contribution in [3.63, 3.8) is 0 Å². The molecular formula is C27H24O6. The van der Waals surface area contributed by atoms with E-state index < -0.39 is 48.1 Å². The smallest absolute Gasteiger partial charge is 0.333 e. The molecule has 2 aromatic carbocycles. The summed E-state index contributed by atoms with van der Waals surface area (Å²) in [5.74, 6) is -3.03. The van der Waals surface area contributed by atoms with Gasteiger partial charge in [0, 0.05) is 28.5 Å². The second-order valence-electron chi connectivity index (χ2n) is 9.56. The van der Waals surface area contributed by atoms with Crippen molar-refractivity contribution in [3.8, 4) is 0 Å². The van der Waals surface area contributed by atoms with Gasteiger partial charge >= 0.3 is 17.9 Å². The Kier molecular flexibility index (Phi) is 4.47. The first-order chi connectivity index (χ1) is 15.9. The second kappa shape index (κ2) is 7.30. The summed E-state index contributed by atoms with van der Waals surface area (Å²) >= 11 is 0. The molecule has 6 nitrogen and oxygen atoms in total. The summed E-state index contributed by atoms with van der Waals surface area (Å²) in [5, 5.41) is 0. The van der Waals surface area contributed by atoms with Gasteiger partial charge in [-0.3, -0.25) is 9.59 Å². The van der Waals surface area contributed by atoms with E-state index in [0.29, 0.717) is 6.42 Å². The van der Waals surface area contributed by atoms with Gasteiger partial charge in [0.25, 0.3) is 0 Å². The van der Waals surface area contributed by atoms with Crippen LogP contribution in [-0.4, -0.2) is 30.1 Å². The molecule has 1 heterocycles. The van der Waals surface area contributed by atoms with Gasteiger partial charge in [0.1, 0.15) is 12.2 Å². The number of carbonyl (C=O) groups is 3. The molecule has 33 heavy (non-hydrogen) atoms. The Balaban J connectivity index is 1.32. The van der Waals surface area contributed by atoms with Gasteiger partial charge in [0.15, 0.2) is 6.10 Å². The lowest BCUT2D eigenvalue weighted by Crippen LogP contribution is -2.44. The van der Waals surface area contributed by atoms with E-state index in [4.69, 9.17) is 14.2 Å². The van der Waals surface area contributed by atoms with Crippen LogP contribution in [0.1, 0.15) is 41.7 Å². The van der Waals surface area contributed by atoms with Gasteiger partial charge in [-0.05, 0) is 30.9 Å². The van der Waals surface area contributed by atoms with Crippen LogP contribution in [0, 0.1) is 23.7 Å². The standard InChI is InChI=1S/C27H24O6/c1-13(2)25(28)32-23-18-12-19-21(27(30)33-24(19)23)20(18)26(29)31-22-16-9-5-3-7-14(16)11-15-8-4-6-10-17(15)22/h3-10,18-24H,1,11-12H2,2H3. The van der Waals surface area contributed by atoms with E-state index in [0.717, 1.165) is 28.7 Å². The van der Waals surface area contributed by atoms with Gasteiger partial charge in [0.05, 0.1) is 11.8 Å². The first-order valence-corrected chi connectivity index (χ1v) is 11.4. The highest BCUT2D eigenvalue weighted by molar-refractivity contribution is 5.89. The minimum absolute atomic E-state index is 0.131. The lowest BCUT2D eigenvalue weighted by Gasteiger charge is -2.33. The first-order valence-electron chi connectivity index (χ1n) is 11.4. The van der Waals surface area contributed by atoms with E-state index in [1.165, 1.54) is 0 Å². The van der Waals surface area contributed by atoms with Crippen molar-refractivity contribution < 1.29 is 28.6 Å². The van der Waals surface area contributed by atoms with Crippen molar-refractivity contribution in [1.82, 2.24) is 0 Å². The summed E-state index contributed by atoms with van der Waals surface area (Å²) in [7, 11) is 0. The SMILES string of the molecule is C=C(C)C(=O)OC1C2CC3C1OC(=O)C3C2C(=O)OC1c2ccccc2Cc2ccccc21. The Morgan fingerprint density at radius 2 is 1.61 bits per heavy atom. The highest BCUT2D eigenvalue weighted by Gasteiger charge is 2.70. The van der Waals surface area contributed by atoms with Crippen LogP contribution in [0.15, 0.2) is 60.7 Å². The summed E-state index contributed by atoms with van der Waals surface area (Å²) in [6, 6.07) is 15.9. The quantitative estimate of drug-likeness (QED) is 0.408. The molecule has 6 atom stereocenters. The normalized spacial score (nSPS) is 30.9. The predicted octanol–water partition coefficient (Wildman–Crippen LogP) is 3.52. The molecule has 0 N–H and O–H groups in total. The lowest BCUT2D eigenvalue weighted by atomic mass is 9.78. The minimum atomic E-state index is -0.689. The Labute approximate surface area is 191 Å². The second-order valence-corrected chi connectivity index (χ2v) is 9.56. The van der Waals surface area contributed by atoms with Crippen molar-refractivity contribution >= 4 is 17.9 Å². The number of hydrogen-bond donors (Lipinski definition) is 0. The third-order valence-corrected chi connectivity index (χ3v) is 7.70. The van der Waals surface area contributed by atoms with Gasteiger partial charge < -0.3 is 14.2 Å². The molecule has 168 valence electrons.